The number of carbonyl (C=O) groups excluding carboxylic acids is 1. The monoisotopic (exact) mass is 370 g/mol. The Balaban J connectivity index is 1.68. The van der Waals surface area contributed by atoms with Gasteiger partial charge in [0.15, 0.2) is 0 Å². The van der Waals surface area contributed by atoms with E-state index >= 15 is 0 Å². The Bertz CT molecular complexity index is 781. The molecule has 0 spiro atoms. The molecule has 2 heterocycles. The lowest BCUT2D eigenvalue weighted by molar-refractivity contribution is 0.0934. The van der Waals surface area contributed by atoms with E-state index in [2.05, 4.69) is 32.4 Å². The summed E-state index contributed by atoms with van der Waals surface area (Å²) in [5.74, 6) is 0.572. The highest BCUT2D eigenvalue weighted by atomic mass is 16.2. The summed E-state index contributed by atoms with van der Waals surface area (Å²) in [6, 6.07) is 2.12. The zero-order valence-corrected chi connectivity index (χ0v) is 16.7. The van der Waals surface area contributed by atoms with Crippen molar-refractivity contribution < 1.29 is 4.79 Å². The molecule has 1 aliphatic rings. The van der Waals surface area contributed by atoms with Crippen LogP contribution in [0.5, 0.6) is 0 Å². The number of rotatable bonds is 6. The fraction of sp³-hybridized carbons (Fsp3) is 0.600. The van der Waals surface area contributed by atoms with E-state index in [1.165, 1.54) is 32.1 Å². The van der Waals surface area contributed by atoms with Gasteiger partial charge in [0.25, 0.3) is 5.91 Å². The molecule has 146 valence electrons. The average Bonchev–Trinajstić information content (AvgIpc) is 3.17. The minimum absolute atomic E-state index is 0.187. The van der Waals surface area contributed by atoms with Gasteiger partial charge in [-0.05, 0) is 39.2 Å². The molecule has 3 rings (SSSR count). The second-order valence-electron chi connectivity index (χ2n) is 7.44. The molecule has 7 nitrogen and oxygen atoms in total. The maximum Gasteiger partial charge on any atom is 0.272 e. The van der Waals surface area contributed by atoms with Crippen LogP contribution in [0.15, 0.2) is 12.3 Å². The molecule has 0 aromatic carbocycles. The molecule has 7 heteroatoms. The van der Waals surface area contributed by atoms with Crippen LogP contribution in [0.3, 0.4) is 0 Å². The Labute approximate surface area is 161 Å². The molecular formula is C20H30N6O. The lowest BCUT2D eigenvalue weighted by Crippen LogP contribution is -2.35. The molecule has 2 N–H and O–H groups in total. The van der Waals surface area contributed by atoms with Gasteiger partial charge in [0.05, 0.1) is 6.04 Å². The zero-order chi connectivity index (χ0) is 19.4. The van der Waals surface area contributed by atoms with E-state index in [1.807, 2.05) is 27.0 Å². The molecule has 1 fully saturated rings. The number of anilines is 1. The summed E-state index contributed by atoms with van der Waals surface area (Å²) in [5.41, 5.74) is 3.18. The number of aryl methyl sites for hydroxylation is 2. The maximum absolute atomic E-state index is 12.4. The third-order valence-corrected chi connectivity index (χ3v) is 5.50. The molecule has 2 aromatic rings. The number of amides is 1. The smallest absolute Gasteiger partial charge is 0.272 e. The molecule has 1 aliphatic carbocycles. The van der Waals surface area contributed by atoms with E-state index < -0.39 is 0 Å². The first kappa shape index (κ1) is 19.3. The summed E-state index contributed by atoms with van der Waals surface area (Å²) in [6.45, 7) is 5.94. The number of carbonyl (C=O) groups is 1. The molecular weight excluding hydrogens is 340 g/mol. The van der Waals surface area contributed by atoms with E-state index in [9.17, 15) is 4.79 Å². The summed E-state index contributed by atoms with van der Waals surface area (Å²) < 4.78 is 0. The van der Waals surface area contributed by atoms with E-state index in [0.717, 1.165) is 29.3 Å². The summed E-state index contributed by atoms with van der Waals surface area (Å²) in [6.07, 6.45) is 8.95. The molecule has 1 atom stereocenters. The summed E-state index contributed by atoms with van der Waals surface area (Å²) >= 11 is 0. The Kier molecular flexibility index (Phi) is 6.08. The standard InChI is InChI=1S/C20H30N6O/c1-5-15-11-18(25-24-15)19(27)22-13(2)17-12-21-20(23-14(17)3)26(4)16-9-7-6-8-10-16/h11-13,16H,5-10H2,1-4H3,(H,22,27)(H,24,25)/t13-/m1/s1. The third kappa shape index (κ3) is 4.46. The van der Waals surface area contributed by atoms with E-state index in [1.54, 1.807) is 6.07 Å². The van der Waals surface area contributed by atoms with Crippen LogP contribution in [-0.4, -0.2) is 39.2 Å². The van der Waals surface area contributed by atoms with Gasteiger partial charge in [-0.25, -0.2) is 9.97 Å². The van der Waals surface area contributed by atoms with Crippen LogP contribution >= 0.6 is 0 Å². The van der Waals surface area contributed by atoms with Crippen molar-refractivity contribution in [2.24, 2.45) is 0 Å². The van der Waals surface area contributed by atoms with Gasteiger partial charge in [0.2, 0.25) is 5.95 Å². The molecule has 27 heavy (non-hydrogen) atoms. The van der Waals surface area contributed by atoms with Crippen LogP contribution in [0.25, 0.3) is 0 Å². The van der Waals surface area contributed by atoms with Gasteiger partial charge in [0.1, 0.15) is 5.69 Å². The number of aromatic nitrogens is 4. The lowest BCUT2D eigenvalue weighted by Gasteiger charge is -2.31. The maximum atomic E-state index is 12.4. The van der Waals surface area contributed by atoms with Gasteiger partial charge < -0.3 is 10.2 Å². The van der Waals surface area contributed by atoms with Crippen molar-refractivity contribution >= 4 is 11.9 Å². The molecule has 0 saturated heterocycles. The number of hydrogen-bond donors (Lipinski definition) is 2. The SMILES string of the molecule is CCc1cc(C(=O)N[C@H](C)c2cnc(N(C)C3CCCCC3)nc2C)n[nH]1. The first-order valence-electron chi connectivity index (χ1n) is 9.91. The van der Waals surface area contributed by atoms with Crippen molar-refractivity contribution in [3.05, 3.63) is 34.9 Å². The quantitative estimate of drug-likeness (QED) is 0.814. The molecule has 0 radical (unpaired) electrons. The fourth-order valence-corrected chi connectivity index (χ4v) is 3.70. The summed E-state index contributed by atoms with van der Waals surface area (Å²) in [7, 11) is 2.08. The molecule has 1 amide bonds. The Morgan fingerprint density at radius 3 is 2.74 bits per heavy atom. The van der Waals surface area contributed by atoms with Crippen molar-refractivity contribution in [2.45, 2.75) is 71.4 Å². The zero-order valence-electron chi connectivity index (χ0n) is 16.7. The molecule has 0 aliphatic heterocycles. The third-order valence-electron chi connectivity index (χ3n) is 5.50. The molecule has 0 unspecified atom stereocenters. The molecule has 2 aromatic heterocycles. The normalized spacial score (nSPS) is 16.1. The highest BCUT2D eigenvalue weighted by molar-refractivity contribution is 5.92. The fourth-order valence-electron chi connectivity index (χ4n) is 3.70. The van der Waals surface area contributed by atoms with Crippen molar-refractivity contribution in [2.75, 3.05) is 11.9 Å². The first-order valence-corrected chi connectivity index (χ1v) is 9.91. The largest absolute Gasteiger partial charge is 0.344 e. The van der Waals surface area contributed by atoms with Gasteiger partial charge in [-0.2, -0.15) is 5.10 Å². The van der Waals surface area contributed by atoms with Crippen molar-refractivity contribution in [1.29, 1.82) is 0 Å². The number of nitrogens with zero attached hydrogens (tertiary/aromatic N) is 4. The minimum Gasteiger partial charge on any atom is -0.344 e. The Morgan fingerprint density at radius 1 is 1.37 bits per heavy atom. The highest BCUT2D eigenvalue weighted by Gasteiger charge is 2.22. The van der Waals surface area contributed by atoms with Gasteiger partial charge >= 0.3 is 0 Å². The van der Waals surface area contributed by atoms with E-state index in [4.69, 9.17) is 4.98 Å². The van der Waals surface area contributed by atoms with Crippen LogP contribution in [0.1, 0.15) is 79.4 Å². The van der Waals surface area contributed by atoms with Crippen LogP contribution in [0, 0.1) is 6.92 Å². The Morgan fingerprint density at radius 2 is 2.11 bits per heavy atom. The summed E-state index contributed by atoms with van der Waals surface area (Å²) in [5, 5.41) is 9.93. The molecule has 0 bridgehead atoms. The van der Waals surface area contributed by atoms with Crippen molar-refractivity contribution in [3.63, 3.8) is 0 Å². The predicted molar refractivity (Wildman–Crippen MR) is 106 cm³/mol. The van der Waals surface area contributed by atoms with Crippen LogP contribution in [0.2, 0.25) is 0 Å². The predicted octanol–water partition coefficient (Wildman–Crippen LogP) is 3.33. The molecule has 1 saturated carbocycles. The average molecular weight is 371 g/mol. The van der Waals surface area contributed by atoms with Gasteiger partial charge in [0, 0.05) is 36.2 Å². The second-order valence-corrected chi connectivity index (χ2v) is 7.44. The van der Waals surface area contributed by atoms with Crippen LogP contribution in [-0.2, 0) is 6.42 Å². The highest BCUT2D eigenvalue weighted by Crippen LogP contribution is 2.25. The number of hydrogen-bond acceptors (Lipinski definition) is 5. The summed E-state index contributed by atoms with van der Waals surface area (Å²) in [4.78, 5) is 23.9. The number of nitrogens with one attached hydrogen (secondary N) is 2. The minimum atomic E-state index is -0.193. The van der Waals surface area contributed by atoms with Crippen LogP contribution in [0.4, 0.5) is 5.95 Å². The first-order chi connectivity index (χ1) is 13.0. The van der Waals surface area contributed by atoms with E-state index in [0.29, 0.717) is 11.7 Å². The second kappa shape index (κ2) is 8.50. The van der Waals surface area contributed by atoms with E-state index in [-0.39, 0.29) is 11.9 Å². The number of H-pyrrole nitrogens is 1. The topological polar surface area (TPSA) is 86.8 Å². The van der Waals surface area contributed by atoms with Gasteiger partial charge in [-0.3, -0.25) is 9.89 Å². The van der Waals surface area contributed by atoms with Gasteiger partial charge in [-0.1, -0.05) is 26.2 Å². The van der Waals surface area contributed by atoms with Crippen molar-refractivity contribution in [1.82, 2.24) is 25.5 Å². The number of aromatic amines is 1. The lowest BCUT2D eigenvalue weighted by atomic mass is 9.95. The van der Waals surface area contributed by atoms with Crippen molar-refractivity contribution in [3.8, 4) is 0 Å². The van der Waals surface area contributed by atoms with Crippen LogP contribution < -0.4 is 10.2 Å². The Hall–Kier alpha value is -2.44. The van der Waals surface area contributed by atoms with Gasteiger partial charge in [-0.15, -0.1) is 0 Å².